The second kappa shape index (κ2) is 8.13. The fourth-order valence-corrected chi connectivity index (χ4v) is 3.34. The van der Waals surface area contributed by atoms with E-state index in [1.165, 1.54) is 23.6 Å². The van der Waals surface area contributed by atoms with E-state index in [-0.39, 0.29) is 5.69 Å². The number of benzene rings is 2. The molecule has 7 heteroatoms. The number of methoxy groups -OCH3 is 1. The van der Waals surface area contributed by atoms with Crippen LogP contribution in [0.25, 0.3) is 16.8 Å². The van der Waals surface area contributed by atoms with Crippen LogP contribution in [0.3, 0.4) is 0 Å². The maximum atomic E-state index is 13.9. The molecule has 0 bridgehead atoms. The van der Waals surface area contributed by atoms with Crippen molar-refractivity contribution in [3.8, 4) is 23.1 Å². The summed E-state index contributed by atoms with van der Waals surface area (Å²) in [6.07, 6.45) is 1.46. The summed E-state index contributed by atoms with van der Waals surface area (Å²) >= 11 is 4.56. The molecule has 130 valence electrons. The quantitative estimate of drug-likeness (QED) is 0.528. The molecule has 0 saturated carbocycles. The highest BCUT2D eigenvalue weighted by Gasteiger charge is 2.10. The molecule has 1 heterocycles. The van der Waals surface area contributed by atoms with Crippen molar-refractivity contribution in [1.82, 2.24) is 4.98 Å². The lowest BCUT2D eigenvalue weighted by Gasteiger charge is -2.03. The number of hydrogen-bond acceptors (Lipinski definition) is 5. The highest BCUT2D eigenvalue weighted by Crippen LogP contribution is 2.28. The van der Waals surface area contributed by atoms with Crippen LogP contribution in [0.4, 0.5) is 10.1 Å². The zero-order valence-electron chi connectivity index (χ0n) is 13.7. The Morgan fingerprint density at radius 1 is 1.35 bits per heavy atom. The first kappa shape index (κ1) is 18.1. The molecule has 0 aliphatic carbocycles. The number of nitrogens with zero attached hydrogens (tertiary/aromatic N) is 2. The van der Waals surface area contributed by atoms with Crippen LogP contribution in [0.15, 0.2) is 58.5 Å². The minimum atomic E-state index is -0.413. The van der Waals surface area contributed by atoms with E-state index in [4.69, 9.17) is 4.74 Å². The monoisotopic (exact) mass is 429 g/mol. The smallest absolute Gasteiger partial charge is 0.147 e. The number of allylic oxidation sites excluding steroid dienone is 1. The van der Waals surface area contributed by atoms with Gasteiger partial charge in [0.05, 0.1) is 18.5 Å². The van der Waals surface area contributed by atoms with Crippen molar-refractivity contribution in [3.05, 3.63) is 69.3 Å². The highest BCUT2D eigenvalue weighted by atomic mass is 79.9. The topological polar surface area (TPSA) is 57.9 Å². The van der Waals surface area contributed by atoms with Gasteiger partial charge in [-0.15, -0.1) is 11.3 Å². The fraction of sp³-hybridized carbons (Fsp3) is 0.0526. The third kappa shape index (κ3) is 4.10. The molecule has 0 atom stereocenters. The summed E-state index contributed by atoms with van der Waals surface area (Å²) in [6, 6.07) is 14.3. The van der Waals surface area contributed by atoms with Crippen LogP contribution in [-0.2, 0) is 0 Å². The molecule has 0 fully saturated rings. The van der Waals surface area contributed by atoms with Crippen LogP contribution < -0.4 is 10.1 Å². The van der Waals surface area contributed by atoms with Crippen molar-refractivity contribution >= 4 is 38.5 Å². The molecular formula is C19H13BrFN3OS. The zero-order chi connectivity index (χ0) is 18.5. The summed E-state index contributed by atoms with van der Waals surface area (Å²) in [7, 11) is 1.61. The molecule has 0 saturated heterocycles. The van der Waals surface area contributed by atoms with E-state index in [0.717, 1.165) is 17.0 Å². The first-order valence-corrected chi connectivity index (χ1v) is 9.20. The molecular weight excluding hydrogens is 417 g/mol. The van der Waals surface area contributed by atoms with Gasteiger partial charge in [0.1, 0.15) is 28.2 Å². The third-order valence-corrected chi connectivity index (χ3v) is 4.89. The standard InChI is InChI=1S/C19H13BrFN3OS/c1-25-15-4-2-3-12(7-15)18-11-26-19(24-18)13(9-22)10-23-17-6-5-14(20)8-16(17)21/h2-8,10-11,23H,1H3/b13-10-. The van der Waals surface area contributed by atoms with E-state index in [1.807, 2.05) is 29.6 Å². The minimum absolute atomic E-state index is 0.283. The fourth-order valence-electron chi connectivity index (χ4n) is 2.21. The Morgan fingerprint density at radius 2 is 2.19 bits per heavy atom. The van der Waals surface area contributed by atoms with Gasteiger partial charge in [0.2, 0.25) is 0 Å². The van der Waals surface area contributed by atoms with E-state index < -0.39 is 5.82 Å². The number of aromatic nitrogens is 1. The van der Waals surface area contributed by atoms with Crippen LogP contribution in [0.5, 0.6) is 5.75 Å². The molecule has 2 aromatic carbocycles. The van der Waals surface area contributed by atoms with Crippen molar-refractivity contribution in [3.63, 3.8) is 0 Å². The molecule has 0 amide bonds. The summed E-state index contributed by atoms with van der Waals surface area (Å²) in [6.45, 7) is 0. The summed E-state index contributed by atoms with van der Waals surface area (Å²) < 4.78 is 19.7. The van der Waals surface area contributed by atoms with E-state index in [1.54, 1.807) is 19.2 Å². The molecule has 3 rings (SSSR count). The van der Waals surface area contributed by atoms with Crippen LogP contribution in [0.2, 0.25) is 0 Å². The Hall–Kier alpha value is -2.69. The van der Waals surface area contributed by atoms with E-state index >= 15 is 0 Å². The molecule has 1 N–H and O–H groups in total. The second-order valence-electron chi connectivity index (χ2n) is 5.21. The SMILES string of the molecule is COc1cccc(-c2csc(/C(C#N)=C\Nc3ccc(Br)cc3F)n2)c1. The van der Waals surface area contributed by atoms with E-state index in [2.05, 4.69) is 32.3 Å². The van der Waals surface area contributed by atoms with Crippen molar-refractivity contribution < 1.29 is 9.13 Å². The first-order valence-electron chi connectivity index (χ1n) is 7.53. The molecule has 0 radical (unpaired) electrons. The number of ether oxygens (including phenoxy) is 1. The Morgan fingerprint density at radius 3 is 2.92 bits per heavy atom. The Bertz CT molecular complexity index is 1010. The molecule has 26 heavy (non-hydrogen) atoms. The van der Waals surface area contributed by atoms with Crippen LogP contribution in [-0.4, -0.2) is 12.1 Å². The van der Waals surface area contributed by atoms with Crippen molar-refractivity contribution in [2.24, 2.45) is 0 Å². The number of thiazole rings is 1. The summed E-state index contributed by atoms with van der Waals surface area (Å²) in [5, 5.41) is 14.7. The lowest BCUT2D eigenvalue weighted by molar-refractivity contribution is 0.415. The Labute approximate surface area is 162 Å². The molecule has 0 unspecified atom stereocenters. The predicted molar refractivity (Wildman–Crippen MR) is 105 cm³/mol. The van der Waals surface area contributed by atoms with E-state index in [9.17, 15) is 9.65 Å². The van der Waals surface area contributed by atoms with Crippen LogP contribution in [0.1, 0.15) is 5.01 Å². The van der Waals surface area contributed by atoms with Gasteiger partial charge in [-0.1, -0.05) is 28.1 Å². The van der Waals surface area contributed by atoms with Gasteiger partial charge < -0.3 is 10.1 Å². The number of halogens is 2. The maximum absolute atomic E-state index is 13.9. The third-order valence-electron chi connectivity index (χ3n) is 3.52. The molecule has 3 aromatic rings. The number of nitrogens with one attached hydrogen (secondary N) is 1. The number of anilines is 1. The lowest BCUT2D eigenvalue weighted by atomic mass is 10.1. The number of hydrogen-bond donors (Lipinski definition) is 1. The highest BCUT2D eigenvalue weighted by molar-refractivity contribution is 9.10. The van der Waals surface area contributed by atoms with Crippen molar-refractivity contribution in [2.45, 2.75) is 0 Å². The molecule has 0 aliphatic heterocycles. The summed E-state index contributed by atoms with van der Waals surface area (Å²) in [4.78, 5) is 4.51. The molecule has 0 spiro atoms. The van der Waals surface area contributed by atoms with Gasteiger partial charge in [-0.2, -0.15) is 5.26 Å². The van der Waals surface area contributed by atoms with Gasteiger partial charge >= 0.3 is 0 Å². The summed E-state index contributed by atoms with van der Waals surface area (Å²) in [5.74, 6) is 0.324. The number of rotatable bonds is 5. The van der Waals surface area contributed by atoms with Gasteiger partial charge in [0.25, 0.3) is 0 Å². The van der Waals surface area contributed by atoms with Crippen LogP contribution in [0, 0.1) is 17.1 Å². The normalized spacial score (nSPS) is 11.1. The van der Waals surface area contributed by atoms with Crippen molar-refractivity contribution in [1.29, 1.82) is 5.26 Å². The minimum Gasteiger partial charge on any atom is -0.497 e. The lowest BCUT2D eigenvalue weighted by Crippen LogP contribution is -1.94. The Kier molecular flexibility index (Phi) is 5.66. The largest absolute Gasteiger partial charge is 0.497 e. The Balaban J connectivity index is 1.85. The molecule has 1 aromatic heterocycles. The summed E-state index contributed by atoms with van der Waals surface area (Å²) in [5.41, 5.74) is 2.26. The van der Waals surface area contributed by atoms with E-state index in [0.29, 0.717) is 15.1 Å². The van der Waals surface area contributed by atoms with Gasteiger partial charge in [-0.25, -0.2) is 9.37 Å². The molecule has 0 aliphatic rings. The zero-order valence-corrected chi connectivity index (χ0v) is 16.1. The molecule has 4 nitrogen and oxygen atoms in total. The average Bonchev–Trinajstić information content (AvgIpc) is 3.14. The second-order valence-corrected chi connectivity index (χ2v) is 6.98. The van der Waals surface area contributed by atoms with Gasteiger partial charge in [0, 0.05) is 21.6 Å². The maximum Gasteiger partial charge on any atom is 0.147 e. The average molecular weight is 430 g/mol. The van der Waals surface area contributed by atoms with Gasteiger partial charge in [-0.3, -0.25) is 0 Å². The van der Waals surface area contributed by atoms with Gasteiger partial charge in [-0.05, 0) is 30.3 Å². The van der Waals surface area contributed by atoms with Gasteiger partial charge in [0.15, 0.2) is 0 Å². The van der Waals surface area contributed by atoms with Crippen LogP contribution >= 0.6 is 27.3 Å². The predicted octanol–water partition coefficient (Wildman–Crippen LogP) is 5.70. The van der Waals surface area contributed by atoms with Crippen molar-refractivity contribution in [2.75, 3.05) is 12.4 Å². The first-order chi connectivity index (χ1) is 12.6. The number of nitriles is 1.